The fourth-order valence-corrected chi connectivity index (χ4v) is 3.35. The highest BCUT2D eigenvalue weighted by Crippen LogP contribution is 2.28. The second-order valence-corrected chi connectivity index (χ2v) is 6.78. The van der Waals surface area contributed by atoms with Crippen LogP contribution in [-0.2, 0) is 9.53 Å². The molecule has 2 rings (SSSR count). The predicted molar refractivity (Wildman–Crippen MR) is 72.4 cm³/mol. The van der Waals surface area contributed by atoms with E-state index in [1.54, 1.807) is 11.3 Å². The van der Waals surface area contributed by atoms with Crippen LogP contribution in [0.3, 0.4) is 0 Å². The van der Waals surface area contributed by atoms with Crippen LogP contribution in [0.5, 0.6) is 0 Å². The zero-order valence-electron chi connectivity index (χ0n) is 9.74. The van der Waals surface area contributed by atoms with Crippen LogP contribution in [0.25, 0.3) is 0 Å². The van der Waals surface area contributed by atoms with Crippen LogP contribution in [0.1, 0.15) is 30.6 Å². The number of ether oxygens (including phenoxy) is 1. The van der Waals surface area contributed by atoms with E-state index in [0.717, 1.165) is 28.1 Å². The van der Waals surface area contributed by atoms with Crippen molar-refractivity contribution in [3.8, 4) is 0 Å². The number of halogens is 1. The number of carbonyl (C=O) groups is 1. The first-order valence-electron chi connectivity index (χ1n) is 5.80. The molecule has 0 saturated carbocycles. The van der Waals surface area contributed by atoms with E-state index in [4.69, 9.17) is 4.74 Å². The van der Waals surface area contributed by atoms with Gasteiger partial charge in [0.05, 0.1) is 22.4 Å². The first kappa shape index (κ1) is 13.1. The molecule has 2 atom stereocenters. The van der Waals surface area contributed by atoms with E-state index in [9.17, 15) is 4.79 Å². The molecule has 1 N–H and O–H groups in total. The van der Waals surface area contributed by atoms with Crippen molar-refractivity contribution in [2.75, 3.05) is 13.2 Å². The Morgan fingerprint density at radius 2 is 2.47 bits per heavy atom. The summed E-state index contributed by atoms with van der Waals surface area (Å²) < 4.78 is 6.42. The molecule has 94 valence electrons. The molecule has 1 amide bonds. The van der Waals surface area contributed by atoms with E-state index in [1.165, 1.54) is 0 Å². The van der Waals surface area contributed by atoms with Gasteiger partial charge in [-0.05, 0) is 47.8 Å². The van der Waals surface area contributed by atoms with Crippen molar-refractivity contribution >= 4 is 33.2 Å². The molecule has 1 fully saturated rings. The monoisotopic (exact) mass is 317 g/mol. The highest BCUT2D eigenvalue weighted by Gasteiger charge is 2.21. The quantitative estimate of drug-likeness (QED) is 0.931. The predicted octanol–water partition coefficient (Wildman–Crippen LogP) is 2.91. The van der Waals surface area contributed by atoms with Gasteiger partial charge in [-0.1, -0.05) is 0 Å². The Labute approximate surface area is 114 Å². The second-order valence-electron chi connectivity index (χ2n) is 4.29. The molecular weight excluding hydrogens is 302 g/mol. The highest BCUT2D eigenvalue weighted by molar-refractivity contribution is 9.11. The lowest BCUT2D eigenvalue weighted by molar-refractivity contribution is -0.123. The van der Waals surface area contributed by atoms with Crippen molar-refractivity contribution in [2.45, 2.75) is 31.7 Å². The van der Waals surface area contributed by atoms with Gasteiger partial charge in [-0.3, -0.25) is 4.79 Å². The summed E-state index contributed by atoms with van der Waals surface area (Å²) in [5, 5.41) is 3.05. The van der Waals surface area contributed by atoms with Gasteiger partial charge in [0.1, 0.15) is 0 Å². The molecule has 5 heteroatoms. The van der Waals surface area contributed by atoms with Gasteiger partial charge in [0, 0.05) is 11.5 Å². The lowest BCUT2D eigenvalue weighted by Gasteiger charge is -2.24. The molecule has 0 aliphatic carbocycles. The maximum absolute atomic E-state index is 12.0. The molecule has 0 bridgehead atoms. The third-order valence-electron chi connectivity index (χ3n) is 2.92. The maximum Gasteiger partial charge on any atom is 0.228 e. The largest absolute Gasteiger partial charge is 0.379 e. The van der Waals surface area contributed by atoms with Crippen molar-refractivity contribution in [1.82, 2.24) is 5.32 Å². The van der Waals surface area contributed by atoms with Crippen LogP contribution >= 0.6 is 27.3 Å². The van der Waals surface area contributed by atoms with Gasteiger partial charge in [0.25, 0.3) is 0 Å². The molecule has 1 aliphatic heterocycles. The Bertz CT molecular complexity index is 388. The Hall–Kier alpha value is -0.390. The molecule has 2 heterocycles. The average Bonchev–Trinajstić information content (AvgIpc) is 2.76. The number of carbonyl (C=O) groups excluding carboxylic acids is 1. The van der Waals surface area contributed by atoms with Crippen LogP contribution < -0.4 is 5.32 Å². The van der Waals surface area contributed by atoms with Crippen molar-refractivity contribution in [2.24, 2.45) is 0 Å². The third kappa shape index (κ3) is 3.53. The van der Waals surface area contributed by atoms with Gasteiger partial charge in [-0.2, -0.15) is 0 Å². The number of rotatable bonds is 3. The van der Waals surface area contributed by atoms with Gasteiger partial charge in [-0.15, -0.1) is 11.3 Å². The minimum Gasteiger partial charge on any atom is -0.379 e. The summed E-state index contributed by atoms with van der Waals surface area (Å²) in [5.74, 6) is 0.00285. The number of thiophene rings is 1. The zero-order valence-corrected chi connectivity index (χ0v) is 12.1. The van der Waals surface area contributed by atoms with E-state index >= 15 is 0 Å². The number of nitrogens with one attached hydrogen (secondary N) is 1. The minimum absolute atomic E-state index is 0.0896. The van der Waals surface area contributed by atoms with E-state index in [2.05, 4.69) is 21.2 Å². The molecule has 0 spiro atoms. The summed E-state index contributed by atoms with van der Waals surface area (Å²) in [6, 6.07) is 4.16. The smallest absolute Gasteiger partial charge is 0.228 e. The molecule has 0 radical (unpaired) electrons. The summed E-state index contributed by atoms with van der Waals surface area (Å²) in [6.07, 6.45) is 2.05. The lowest BCUT2D eigenvalue weighted by atomic mass is 10.1. The van der Waals surface area contributed by atoms with Crippen molar-refractivity contribution in [1.29, 1.82) is 0 Å². The SMILES string of the molecule is C[C@H](C(=O)N[C@@H]1CCCOC1)c1ccc(Br)s1. The van der Waals surface area contributed by atoms with E-state index < -0.39 is 0 Å². The third-order valence-corrected chi connectivity index (χ3v) is 4.73. The molecule has 1 aliphatic rings. The summed E-state index contributed by atoms with van der Waals surface area (Å²) >= 11 is 5.03. The molecule has 1 aromatic heterocycles. The Kier molecular flexibility index (Phi) is 4.59. The number of hydrogen-bond donors (Lipinski definition) is 1. The molecule has 1 saturated heterocycles. The normalized spacial score (nSPS) is 22.1. The molecular formula is C12H16BrNO2S. The summed E-state index contributed by atoms with van der Waals surface area (Å²) in [6.45, 7) is 3.41. The summed E-state index contributed by atoms with van der Waals surface area (Å²) in [7, 11) is 0. The highest BCUT2D eigenvalue weighted by atomic mass is 79.9. The van der Waals surface area contributed by atoms with Crippen LogP contribution in [0.2, 0.25) is 0 Å². The van der Waals surface area contributed by atoms with Crippen LogP contribution in [-0.4, -0.2) is 25.2 Å². The lowest BCUT2D eigenvalue weighted by Crippen LogP contribution is -2.42. The van der Waals surface area contributed by atoms with Crippen LogP contribution in [0.4, 0.5) is 0 Å². The Balaban J connectivity index is 1.90. The first-order valence-corrected chi connectivity index (χ1v) is 7.41. The standard InChI is InChI=1S/C12H16BrNO2S/c1-8(10-4-5-11(13)17-10)12(15)14-9-3-2-6-16-7-9/h4-5,8-9H,2-3,6-7H2,1H3,(H,14,15)/t8-,9+/m0/s1. The second kappa shape index (κ2) is 5.98. The van der Waals surface area contributed by atoms with Gasteiger partial charge >= 0.3 is 0 Å². The van der Waals surface area contributed by atoms with Gasteiger partial charge < -0.3 is 10.1 Å². The van der Waals surface area contributed by atoms with Gasteiger partial charge in [-0.25, -0.2) is 0 Å². The minimum atomic E-state index is -0.0896. The van der Waals surface area contributed by atoms with E-state index in [1.807, 2.05) is 19.1 Å². The van der Waals surface area contributed by atoms with Crippen molar-refractivity contribution in [3.05, 3.63) is 20.8 Å². The molecule has 0 unspecified atom stereocenters. The van der Waals surface area contributed by atoms with Crippen molar-refractivity contribution in [3.63, 3.8) is 0 Å². The first-order chi connectivity index (χ1) is 8.16. The molecule has 1 aromatic rings. The number of amides is 1. The van der Waals surface area contributed by atoms with Crippen molar-refractivity contribution < 1.29 is 9.53 Å². The Morgan fingerprint density at radius 1 is 1.65 bits per heavy atom. The topological polar surface area (TPSA) is 38.3 Å². The van der Waals surface area contributed by atoms with Gasteiger partial charge in [0.15, 0.2) is 0 Å². The molecule has 0 aromatic carbocycles. The Morgan fingerprint density at radius 3 is 3.06 bits per heavy atom. The molecule has 3 nitrogen and oxygen atoms in total. The van der Waals surface area contributed by atoms with Gasteiger partial charge in [0.2, 0.25) is 5.91 Å². The zero-order chi connectivity index (χ0) is 12.3. The molecule has 17 heavy (non-hydrogen) atoms. The van der Waals surface area contributed by atoms with Crippen LogP contribution in [0.15, 0.2) is 15.9 Å². The maximum atomic E-state index is 12.0. The fraction of sp³-hybridized carbons (Fsp3) is 0.583. The van der Waals surface area contributed by atoms with E-state index in [-0.39, 0.29) is 17.9 Å². The fourth-order valence-electron chi connectivity index (χ4n) is 1.87. The van der Waals surface area contributed by atoms with E-state index in [0.29, 0.717) is 6.61 Å². The average molecular weight is 318 g/mol. The summed E-state index contributed by atoms with van der Waals surface area (Å²) in [4.78, 5) is 13.1. The number of hydrogen-bond acceptors (Lipinski definition) is 3. The van der Waals surface area contributed by atoms with Crippen LogP contribution in [0, 0.1) is 0 Å². The summed E-state index contributed by atoms with van der Waals surface area (Å²) in [5.41, 5.74) is 0.